The van der Waals surface area contributed by atoms with Crippen LogP contribution in [0.1, 0.15) is 52.2 Å². The van der Waals surface area contributed by atoms with Crippen molar-refractivity contribution in [3.63, 3.8) is 0 Å². The third-order valence-electron chi connectivity index (χ3n) is 5.98. The fourth-order valence-corrected chi connectivity index (χ4v) is 6.17. The van der Waals surface area contributed by atoms with Crippen LogP contribution in [0.5, 0.6) is 5.75 Å². The standard InChI is InChI=1S/C27H32FNO5S2/c1-6-20(2)29(35(30,31)25-15-9-22(10-16-25)27(3,4)5)19-21-7-13-24(14-8-21)34-36(32,33)26-17-11-23(28)12-18-26/h7-18,20H,6,19H2,1-5H3. The van der Waals surface area contributed by atoms with Crippen LogP contribution >= 0.6 is 0 Å². The van der Waals surface area contributed by atoms with E-state index in [4.69, 9.17) is 4.18 Å². The average Bonchev–Trinajstić information content (AvgIpc) is 2.82. The SMILES string of the molecule is CCC(C)N(Cc1ccc(OS(=O)(=O)c2ccc(F)cc2)cc1)S(=O)(=O)c1ccc(C(C)(C)C)cc1. The minimum absolute atomic E-state index is 0.0683. The smallest absolute Gasteiger partial charge is 0.339 e. The lowest BCUT2D eigenvalue weighted by Crippen LogP contribution is -2.37. The summed E-state index contributed by atoms with van der Waals surface area (Å²) in [7, 11) is -7.91. The molecular formula is C27H32FNO5S2. The Balaban J connectivity index is 1.82. The predicted molar refractivity (Wildman–Crippen MR) is 138 cm³/mol. The van der Waals surface area contributed by atoms with Gasteiger partial charge in [-0.05, 0) is 78.4 Å². The Hall–Kier alpha value is -2.75. The molecule has 0 radical (unpaired) electrons. The molecule has 9 heteroatoms. The quantitative estimate of drug-likeness (QED) is 0.321. The zero-order chi connectivity index (χ0) is 26.7. The van der Waals surface area contributed by atoms with E-state index >= 15 is 0 Å². The first-order chi connectivity index (χ1) is 16.7. The number of hydrogen-bond acceptors (Lipinski definition) is 5. The molecule has 6 nitrogen and oxygen atoms in total. The molecular weight excluding hydrogens is 501 g/mol. The van der Waals surface area contributed by atoms with E-state index in [2.05, 4.69) is 20.8 Å². The van der Waals surface area contributed by atoms with Gasteiger partial charge in [-0.3, -0.25) is 0 Å². The third kappa shape index (κ3) is 6.52. The Morgan fingerprint density at radius 3 is 1.86 bits per heavy atom. The molecule has 0 aliphatic carbocycles. The van der Waals surface area contributed by atoms with Gasteiger partial charge >= 0.3 is 10.1 Å². The Morgan fingerprint density at radius 2 is 1.36 bits per heavy atom. The highest BCUT2D eigenvalue weighted by atomic mass is 32.2. The Morgan fingerprint density at radius 1 is 0.833 bits per heavy atom. The molecule has 194 valence electrons. The number of benzene rings is 3. The van der Waals surface area contributed by atoms with Crippen molar-refractivity contribution in [1.82, 2.24) is 4.31 Å². The normalized spacial score (nSPS) is 13.5. The number of halogens is 1. The van der Waals surface area contributed by atoms with Crippen molar-refractivity contribution in [3.8, 4) is 5.75 Å². The molecule has 0 saturated carbocycles. The van der Waals surface area contributed by atoms with Gasteiger partial charge in [0.1, 0.15) is 16.5 Å². The van der Waals surface area contributed by atoms with Crippen LogP contribution in [0.4, 0.5) is 4.39 Å². The third-order valence-corrected chi connectivity index (χ3v) is 9.22. The van der Waals surface area contributed by atoms with Crippen LogP contribution in [0.2, 0.25) is 0 Å². The summed E-state index contributed by atoms with van der Waals surface area (Å²) in [4.78, 5) is 0.0561. The van der Waals surface area contributed by atoms with Crippen LogP contribution < -0.4 is 4.18 Å². The van der Waals surface area contributed by atoms with Gasteiger partial charge in [-0.1, -0.05) is 52.0 Å². The van der Waals surface area contributed by atoms with Crippen molar-refractivity contribution in [2.45, 2.75) is 68.8 Å². The van der Waals surface area contributed by atoms with Crippen molar-refractivity contribution in [3.05, 3.63) is 89.7 Å². The minimum Gasteiger partial charge on any atom is -0.379 e. The van der Waals surface area contributed by atoms with Gasteiger partial charge in [0.25, 0.3) is 0 Å². The molecule has 0 fully saturated rings. The molecule has 3 aromatic carbocycles. The summed E-state index contributed by atoms with van der Waals surface area (Å²) in [6.07, 6.45) is 0.621. The zero-order valence-electron chi connectivity index (χ0n) is 21.1. The number of rotatable bonds is 9. The molecule has 3 aromatic rings. The molecule has 0 aliphatic heterocycles. The second kappa shape index (κ2) is 10.7. The highest BCUT2D eigenvalue weighted by molar-refractivity contribution is 7.89. The van der Waals surface area contributed by atoms with E-state index in [9.17, 15) is 21.2 Å². The first-order valence-corrected chi connectivity index (χ1v) is 14.5. The van der Waals surface area contributed by atoms with Crippen LogP contribution in [0, 0.1) is 5.82 Å². The number of hydrogen-bond donors (Lipinski definition) is 0. The lowest BCUT2D eigenvalue weighted by atomic mass is 9.87. The number of nitrogens with zero attached hydrogens (tertiary/aromatic N) is 1. The molecule has 0 amide bonds. The van der Waals surface area contributed by atoms with Gasteiger partial charge in [0.15, 0.2) is 0 Å². The van der Waals surface area contributed by atoms with E-state index in [1.165, 1.54) is 16.4 Å². The lowest BCUT2D eigenvalue weighted by molar-refractivity contribution is 0.323. The summed E-state index contributed by atoms with van der Waals surface area (Å²) in [6, 6.07) is 17.2. The Kier molecular flexibility index (Phi) is 8.27. The molecule has 0 heterocycles. The van der Waals surface area contributed by atoms with Gasteiger partial charge in [-0.25, -0.2) is 12.8 Å². The summed E-state index contributed by atoms with van der Waals surface area (Å²) >= 11 is 0. The molecule has 3 rings (SSSR count). The summed E-state index contributed by atoms with van der Waals surface area (Å²) < 4.78 is 71.7. The molecule has 0 spiro atoms. The van der Waals surface area contributed by atoms with Crippen molar-refractivity contribution >= 4 is 20.1 Å². The van der Waals surface area contributed by atoms with Crippen molar-refractivity contribution in [2.24, 2.45) is 0 Å². The van der Waals surface area contributed by atoms with E-state index < -0.39 is 26.0 Å². The van der Waals surface area contributed by atoms with E-state index in [-0.39, 0.29) is 33.5 Å². The van der Waals surface area contributed by atoms with Crippen LogP contribution in [-0.4, -0.2) is 27.2 Å². The molecule has 1 atom stereocenters. The Labute approximate surface area is 213 Å². The second-order valence-electron chi connectivity index (χ2n) is 9.72. The molecule has 0 saturated heterocycles. The predicted octanol–water partition coefficient (Wildman–Crippen LogP) is 5.88. The average molecular weight is 534 g/mol. The highest BCUT2D eigenvalue weighted by Gasteiger charge is 2.29. The maximum absolute atomic E-state index is 13.5. The summed E-state index contributed by atoms with van der Waals surface area (Å²) in [5.74, 6) is -0.483. The first-order valence-electron chi connectivity index (χ1n) is 11.7. The summed E-state index contributed by atoms with van der Waals surface area (Å²) in [5, 5.41) is 0. The monoisotopic (exact) mass is 533 g/mol. The van der Waals surface area contributed by atoms with Crippen molar-refractivity contribution in [2.75, 3.05) is 0 Å². The lowest BCUT2D eigenvalue weighted by Gasteiger charge is -2.28. The molecule has 36 heavy (non-hydrogen) atoms. The fourth-order valence-electron chi connectivity index (χ4n) is 3.55. The Bertz CT molecular complexity index is 1380. The topological polar surface area (TPSA) is 80.8 Å². The summed E-state index contributed by atoms with van der Waals surface area (Å²) in [6.45, 7) is 10.1. The largest absolute Gasteiger partial charge is 0.379 e. The van der Waals surface area contributed by atoms with E-state index in [1.807, 2.05) is 26.0 Å². The van der Waals surface area contributed by atoms with E-state index in [0.717, 1.165) is 29.8 Å². The van der Waals surface area contributed by atoms with E-state index in [1.54, 1.807) is 24.3 Å². The molecule has 0 bridgehead atoms. The molecule has 1 unspecified atom stereocenters. The van der Waals surface area contributed by atoms with Gasteiger partial charge in [0.05, 0.1) is 4.90 Å². The van der Waals surface area contributed by atoms with Crippen molar-refractivity contribution in [1.29, 1.82) is 0 Å². The maximum Gasteiger partial charge on any atom is 0.339 e. The van der Waals surface area contributed by atoms with E-state index in [0.29, 0.717) is 12.0 Å². The van der Waals surface area contributed by atoms with Gasteiger partial charge in [-0.2, -0.15) is 12.7 Å². The zero-order valence-corrected chi connectivity index (χ0v) is 22.7. The summed E-state index contributed by atoms with van der Waals surface area (Å²) in [5.41, 5.74) is 1.63. The second-order valence-corrected chi connectivity index (χ2v) is 13.2. The highest BCUT2D eigenvalue weighted by Crippen LogP contribution is 2.27. The fraction of sp³-hybridized carbons (Fsp3) is 0.333. The van der Waals surface area contributed by atoms with Crippen LogP contribution in [0.25, 0.3) is 0 Å². The van der Waals surface area contributed by atoms with Gasteiger partial charge in [0.2, 0.25) is 10.0 Å². The van der Waals surface area contributed by atoms with Gasteiger partial charge in [0, 0.05) is 12.6 Å². The minimum atomic E-state index is -4.13. The first kappa shape index (κ1) is 27.8. The molecule has 0 aliphatic rings. The van der Waals surface area contributed by atoms with Crippen LogP contribution in [0.15, 0.2) is 82.6 Å². The van der Waals surface area contributed by atoms with Gasteiger partial charge < -0.3 is 4.18 Å². The van der Waals surface area contributed by atoms with Crippen LogP contribution in [-0.2, 0) is 32.1 Å². The number of sulfonamides is 1. The van der Waals surface area contributed by atoms with Crippen molar-refractivity contribution < 1.29 is 25.4 Å². The van der Waals surface area contributed by atoms with Crippen LogP contribution in [0.3, 0.4) is 0 Å². The van der Waals surface area contributed by atoms with Gasteiger partial charge in [-0.15, -0.1) is 0 Å². The molecule has 0 aromatic heterocycles. The molecule has 0 N–H and O–H groups in total. The maximum atomic E-state index is 13.5.